The van der Waals surface area contributed by atoms with E-state index in [1.165, 1.54) is 25.1 Å². The molecule has 0 atom stereocenters. The van der Waals surface area contributed by atoms with Crippen LogP contribution < -0.4 is 10.1 Å². The smallest absolute Gasteiger partial charge is 0.261 e. The fraction of sp³-hybridized carbons (Fsp3) is 0.0800. The Balaban J connectivity index is 1.71. The maximum Gasteiger partial charge on any atom is 0.261 e. The number of nitrogens with one attached hydrogen (secondary N) is 1. The quantitative estimate of drug-likeness (QED) is 0.411. The molecular formula is C25H19FN2O3. The second-order valence-corrected chi connectivity index (χ2v) is 7.13. The molecule has 0 fully saturated rings. The summed E-state index contributed by atoms with van der Waals surface area (Å²) in [6.45, 7) is 3.20. The van der Waals surface area contributed by atoms with Crippen molar-refractivity contribution >= 4 is 28.3 Å². The maximum absolute atomic E-state index is 13.5. The molecule has 0 bridgehead atoms. The molecule has 0 aliphatic carbocycles. The summed E-state index contributed by atoms with van der Waals surface area (Å²) in [5.74, 6) is -0.316. The zero-order valence-corrected chi connectivity index (χ0v) is 17.0. The van der Waals surface area contributed by atoms with Crippen molar-refractivity contribution in [2.75, 3.05) is 5.32 Å². The molecule has 3 aromatic carbocycles. The number of ether oxygens (including phenoxy) is 1. The van der Waals surface area contributed by atoms with Crippen LogP contribution >= 0.6 is 0 Å². The number of hydrogen-bond acceptors (Lipinski definition) is 4. The van der Waals surface area contributed by atoms with Gasteiger partial charge in [0.15, 0.2) is 5.78 Å². The Labute approximate surface area is 178 Å². The van der Waals surface area contributed by atoms with Crippen LogP contribution in [0, 0.1) is 12.7 Å². The second kappa shape index (κ2) is 8.36. The summed E-state index contributed by atoms with van der Waals surface area (Å²) in [6, 6.07) is 19.9. The number of aryl methyl sites for hydroxylation is 1. The molecule has 0 unspecified atom stereocenters. The lowest BCUT2D eigenvalue weighted by molar-refractivity contribution is 0.101. The summed E-state index contributed by atoms with van der Waals surface area (Å²) in [4.78, 5) is 29.0. The highest BCUT2D eigenvalue weighted by Crippen LogP contribution is 2.30. The van der Waals surface area contributed by atoms with Crippen molar-refractivity contribution in [3.8, 4) is 11.6 Å². The SMILES string of the molecule is CC(=O)c1ccc(NC(=O)c2cc3ccccc3nc2Oc2ccc(F)cc2C)cc1. The number of anilines is 1. The molecule has 1 N–H and O–H groups in total. The Morgan fingerprint density at radius 2 is 1.71 bits per heavy atom. The van der Waals surface area contributed by atoms with E-state index in [4.69, 9.17) is 4.74 Å². The molecule has 1 heterocycles. The molecule has 5 nitrogen and oxygen atoms in total. The maximum atomic E-state index is 13.5. The number of rotatable bonds is 5. The van der Waals surface area contributed by atoms with Gasteiger partial charge in [-0.25, -0.2) is 9.37 Å². The van der Waals surface area contributed by atoms with E-state index in [-0.39, 0.29) is 23.0 Å². The van der Waals surface area contributed by atoms with Crippen LogP contribution in [-0.2, 0) is 0 Å². The van der Waals surface area contributed by atoms with Gasteiger partial charge in [0.2, 0.25) is 5.88 Å². The Morgan fingerprint density at radius 1 is 0.968 bits per heavy atom. The molecule has 1 amide bonds. The van der Waals surface area contributed by atoms with Crippen LogP contribution in [0.4, 0.5) is 10.1 Å². The van der Waals surface area contributed by atoms with Crippen LogP contribution in [0.2, 0.25) is 0 Å². The van der Waals surface area contributed by atoms with E-state index in [1.54, 1.807) is 37.3 Å². The van der Waals surface area contributed by atoms with Crippen molar-refractivity contribution in [2.45, 2.75) is 13.8 Å². The van der Waals surface area contributed by atoms with E-state index in [1.807, 2.05) is 24.3 Å². The number of fused-ring (bicyclic) bond motifs is 1. The number of hydrogen-bond donors (Lipinski definition) is 1. The predicted molar refractivity (Wildman–Crippen MR) is 117 cm³/mol. The molecule has 4 aromatic rings. The molecule has 0 saturated carbocycles. The molecule has 0 saturated heterocycles. The van der Waals surface area contributed by atoms with Gasteiger partial charge in [-0.2, -0.15) is 0 Å². The molecule has 0 radical (unpaired) electrons. The lowest BCUT2D eigenvalue weighted by atomic mass is 10.1. The largest absolute Gasteiger partial charge is 0.438 e. The van der Waals surface area contributed by atoms with Gasteiger partial charge in [0.1, 0.15) is 17.1 Å². The minimum atomic E-state index is -0.413. The number of ketones is 1. The van der Waals surface area contributed by atoms with E-state index in [0.29, 0.717) is 28.1 Å². The van der Waals surface area contributed by atoms with E-state index in [0.717, 1.165) is 5.39 Å². The molecule has 0 aliphatic heterocycles. The summed E-state index contributed by atoms with van der Waals surface area (Å²) in [5, 5.41) is 3.59. The third kappa shape index (κ3) is 4.43. The molecule has 31 heavy (non-hydrogen) atoms. The first-order valence-electron chi connectivity index (χ1n) is 9.67. The monoisotopic (exact) mass is 414 g/mol. The topological polar surface area (TPSA) is 68.3 Å². The van der Waals surface area contributed by atoms with Crippen LogP contribution in [0.15, 0.2) is 72.8 Å². The number of carbonyl (C=O) groups is 2. The average Bonchev–Trinajstić information content (AvgIpc) is 2.75. The number of para-hydroxylation sites is 1. The van der Waals surface area contributed by atoms with Gasteiger partial charge in [-0.1, -0.05) is 18.2 Å². The van der Waals surface area contributed by atoms with Crippen LogP contribution in [0.5, 0.6) is 11.6 Å². The number of halogens is 1. The Bertz CT molecular complexity index is 1300. The standard InChI is InChI=1S/C25H19FN2O3/c1-15-13-19(26)9-12-23(15)31-25-21(14-18-5-3-4-6-22(18)28-25)24(30)27-20-10-7-17(8-11-20)16(2)29/h3-14H,1-2H3,(H,27,30). The third-order valence-corrected chi connectivity index (χ3v) is 4.83. The van der Waals surface area contributed by atoms with E-state index >= 15 is 0 Å². The van der Waals surface area contributed by atoms with Crippen LogP contribution in [0.25, 0.3) is 10.9 Å². The van der Waals surface area contributed by atoms with Gasteiger partial charge in [0.25, 0.3) is 5.91 Å². The average molecular weight is 414 g/mol. The van der Waals surface area contributed by atoms with Gasteiger partial charge in [-0.15, -0.1) is 0 Å². The molecule has 1 aromatic heterocycles. The van der Waals surface area contributed by atoms with Crippen LogP contribution in [0.1, 0.15) is 33.2 Å². The molecule has 4 rings (SSSR count). The predicted octanol–water partition coefficient (Wildman–Crippen LogP) is 5.93. The number of Topliss-reactive ketones (excluding diaryl/α,β-unsaturated/α-hetero) is 1. The highest BCUT2D eigenvalue weighted by Gasteiger charge is 2.18. The third-order valence-electron chi connectivity index (χ3n) is 4.83. The molecule has 0 spiro atoms. The zero-order valence-electron chi connectivity index (χ0n) is 17.0. The van der Waals surface area contributed by atoms with Crippen molar-refractivity contribution in [3.63, 3.8) is 0 Å². The van der Waals surface area contributed by atoms with Crippen LogP contribution in [0.3, 0.4) is 0 Å². The fourth-order valence-electron chi connectivity index (χ4n) is 3.16. The highest BCUT2D eigenvalue weighted by atomic mass is 19.1. The second-order valence-electron chi connectivity index (χ2n) is 7.13. The lowest BCUT2D eigenvalue weighted by Gasteiger charge is -2.13. The first-order valence-corrected chi connectivity index (χ1v) is 9.67. The number of benzene rings is 3. The lowest BCUT2D eigenvalue weighted by Crippen LogP contribution is -2.14. The Kier molecular flexibility index (Phi) is 5.45. The first kappa shape index (κ1) is 20.2. The Morgan fingerprint density at radius 3 is 2.42 bits per heavy atom. The van der Waals surface area contributed by atoms with E-state index in [9.17, 15) is 14.0 Å². The van der Waals surface area contributed by atoms with Crippen LogP contribution in [-0.4, -0.2) is 16.7 Å². The molecule has 154 valence electrons. The van der Waals surface area contributed by atoms with Gasteiger partial charge < -0.3 is 10.1 Å². The number of nitrogens with zero attached hydrogens (tertiary/aromatic N) is 1. The Hall–Kier alpha value is -4.06. The van der Waals surface area contributed by atoms with E-state index in [2.05, 4.69) is 10.3 Å². The zero-order chi connectivity index (χ0) is 22.0. The van der Waals surface area contributed by atoms with Crippen molar-refractivity contribution in [1.29, 1.82) is 0 Å². The molecule has 6 heteroatoms. The van der Waals surface area contributed by atoms with E-state index < -0.39 is 5.91 Å². The summed E-state index contributed by atoms with van der Waals surface area (Å²) in [7, 11) is 0. The van der Waals surface area contributed by atoms with Gasteiger partial charge in [-0.05, 0) is 74.0 Å². The van der Waals surface area contributed by atoms with Crippen molar-refractivity contribution in [1.82, 2.24) is 4.98 Å². The number of aromatic nitrogens is 1. The van der Waals surface area contributed by atoms with Crippen molar-refractivity contribution in [3.05, 3.63) is 95.3 Å². The molecular weight excluding hydrogens is 395 g/mol. The minimum absolute atomic E-state index is 0.0537. The van der Waals surface area contributed by atoms with Gasteiger partial charge in [0, 0.05) is 16.6 Å². The van der Waals surface area contributed by atoms with Gasteiger partial charge >= 0.3 is 0 Å². The van der Waals surface area contributed by atoms with Gasteiger partial charge in [-0.3, -0.25) is 9.59 Å². The molecule has 0 aliphatic rings. The summed E-state index contributed by atoms with van der Waals surface area (Å²) in [6.07, 6.45) is 0. The van der Waals surface area contributed by atoms with Crippen molar-refractivity contribution in [2.24, 2.45) is 0 Å². The minimum Gasteiger partial charge on any atom is -0.438 e. The van der Waals surface area contributed by atoms with Gasteiger partial charge in [0.05, 0.1) is 5.52 Å². The summed E-state index contributed by atoms with van der Waals surface area (Å²) in [5.41, 5.74) is 2.58. The number of amides is 1. The highest BCUT2D eigenvalue weighted by molar-refractivity contribution is 6.08. The first-order chi connectivity index (χ1) is 14.9. The number of pyridine rings is 1. The number of carbonyl (C=O) groups excluding carboxylic acids is 2. The van der Waals surface area contributed by atoms with Crippen molar-refractivity contribution < 1.29 is 18.7 Å². The summed E-state index contributed by atoms with van der Waals surface area (Å²) >= 11 is 0. The summed E-state index contributed by atoms with van der Waals surface area (Å²) < 4.78 is 19.4. The normalized spacial score (nSPS) is 10.7. The fourth-order valence-corrected chi connectivity index (χ4v) is 3.16.